The van der Waals surface area contributed by atoms with Crippen LogP contribution in [0.3, 0.4) is 0 Å². The second-order valence-electron chi connectivity index (χ2n) is 12.0. The minimum atomic E-state index is -0.406. The Kier molecular flexibility index (Phi) is 19.1. The summed E-state index contributed by atoms with van der Waals surface area (Å²) in [4.78, 5) is 26.5. The molecule has 1 fully saturated rings. The number of hydrogen-bond donors (Lipinski definition) is 0. The number of rotatable bonds is 22. The van der Waals surface area contributed by atoms with E-state index in [-0.39, 0.29) is 17.9 Å². The van der Waals surface area contributed by atoms with Crippen LogP contribution in [0.5, 0.6) is 0 Å². The summed E-state index contributed by atoms with van der Waals surface area (Å²) in [7, 11) is 0. The molecule has 0 amide bonds. The van der Waals surface area contributed by atoms with E-state index < -0.39 is 5.41 Å². The zero-order valence-electron chi connectivity index (χ0n) is 25.4. The average Bonchev–Trinajstić information content (AvgIpc) is 2.90. The summed E-state index contributed by atoms with van der Waals surface area (Å²) in [5, 5.41) is 0. The summed E-state index contributed by atoms with van der Waals surface area (Å²) in [6.07, 6.45) is 21.5. The molecule has 0 N–H and O–H groups in total. The Bertz CT molecular complexity index is 579. The monoisotopic (exact) mass is 522 g/mol. The lowest BCUT2D eigenvalue weighted by molar-refractivity contribution is -0.164. The third kappa shape index (κ3) is 13.5. The van der Waals surface area contributed by atoms with Gasteiger partial charge in [-0.25, -0.2) is 0 Å². The molecule has 0 bridgehead atoms. The van der Waals surface area contributed by atoms with Gasteiger partial charge >= 0.3 is 11.9 Å². The average molecular weight is 523 g/mol. The van der Waals surface area contributed by atoms with Crippen LogP contribution in [0.2, 0.25) is 0 Å². The molecule has 0 aliphatic heterocycles. The van der Waals surface area contributed by atoms with Gasteiger partial charge in [-0.2, -0.15) is 0 Å². The van der Waals surface area contributed by atoms with Gasteiger partial charge < -0.3 is 9.47 Å². The molecule has 2 atom stereocenters. The van der Waals surface area contributed by atoms with E-state index in [2.05, 4.69) is 34.6 Å². The molecular formula is C33H62O4. The molecule has 0 heterocycles. The fourth-order valence-electron chi connectivity index (χ4n) is 6.14. The highest BCUT2D eigenvalue weighted by Crippen LogP contribution is 2.44. The smallest absolute Gasteiger partial charge is 0.312 e. The summed E-state index contributed by atoms with van der Waals surface area (Å²) in [5.41, 5.74) is -0.406. The Morgan fingerprint density at radius 3 is 1.62 bits per heavy atom. The molecule has 0 aromatic heterocycles. The fraction of sp³-hybridized carbons (Fsp3) is 0.939. The molecule has 0 saturated heterocycles. The van der Waals surface area contributed by atoms with E-state index in [1.54, 1.807) is 0 Å². The molecule has 37 heavy (non-hydrogen) atoms. The topological polar surface area (TPSA) is 52.6 Å². The number of unbranched alkanes of at least 4 members (excludes halogenated alkanes) is 6. The number of ether oxygens (including phenoxy) is 2. The Morgan fingerprint density at radius 1 is 0.649 bits per heavy atom. The van der Waals surface area contributed by atoms with Gasteiger partial charge in [0.15, 0.2) is 0 Å². The van der Waals surface area contributed by atoms with E-state index >= 15 is 0 Å². The quantitative estimate of drug-likeness (QED) is 0.105. The maximum Gasteiger partial charge on any atom is 0.312 e. The Hall–Kier alpha value is -1.06. The molecule has 4 heteroatoms. The summed E-state index contributed by atoms with van der Waals surface area (Å²) < 4.78 is 11.9. The van der Waals surface area contributed by atoms with Crippen molar-refractivity contribution in [2.24, 2.45) is 23.2 Å². The highest BCUT2D eigenvalue weighted by Gasteiger charge is 2.44. The molecule has 4 nitrogen and oxygen atoms in total. The third-order valence-electron chi connectivity index (χ3n) is 8.71. The predicted molar refractivity (Wildman–Crippen MR) is 156 cm³/mol. The first-order valence-electron chi connectivity index (χ1n) is 16.3. The van der Waals surface area contributed by atoms with Crippen molar-refractivity contribution in [2.45, 2.75) is 163 Å². The van der Waals surface area contributed by atoms with Gasteiger partial charge in [0.05, 0.1) is 24.5 Å². The Labute approximate surface area is 230 Å². The number of hydrogen-bond acceptors (Lipinski definition) is 4. The number of esters is 2. The van der Waals surface area contributed by atoms with Crippen LogP contribution in [-0.4, -0.2) is 25.2 Å². The Balaban J connectivity index is 2.67. The molecule has 0 radical (unpaired) electrons. The van der Waals surface area contributed by atoms with Crippen molar-refractivity contribution < 1.29 is 19.1 Å². The zero-order valence-corrected chi connectivity index (χ0v) is 25.4. The molecule has 1 aliphatic rings. The van der Waals surface area contributed by atoms with Gasteiger partial charge in [-0.3, -0.25) is 9.59 Å². The van der Waals surface area contributed by atoms with Gasteiger partial charge in [-0.15, -0.1) is 0 Å². The van der Waals surface area contributed by atoms with Crippen LogP contribution in [-0.2, 0) is 19.1 Å². The van der Waals surface area contributed by atoms with Crippen LogP contribution in [0.25, 0.3) is 0 Å². The first kappa shape index (κ1) is 34.0. The van der Waals surface area contributed by atoms with Crippen molar-refractivity contribution in [3.8, 4) is 0 Å². The van der Waals surface area contributed by atoms with Gasteiger partial charge in [0.1, 0.15) is 0 Å². The van der Waals surface area contributed by atoms with Gasteiger partial charge in [-0.1, -0.05) is 105 Å². The molecule has 218 valence electrons. The lowest BCUT2D eigenvalue weighted by Gasteiger charge is -2.38. The predicted octanol–water partition coefficient (Wildman–Crippen LogP) is 9.82. The van der Waals surface area contributed by atoms with Crippen molar-refractivity contribution in [2.75, 3.05) is 13.2 Å². The third-order valence-corrected chi connectivity index (χ3v) is 8.71. The van der Waals surface area contributed by atoms with Crippen molar-refractivity contribution in [3.63, 3.8) is 0 Å². The van der Waals surface area contributed by atoms with Crippen molar-refractivity contribution in [1.29, 1.82) is 0 Å². The lowest BCUT2D eigenvalue weighted by Crippen LogP contribution is -2.39. The first-order chi connectivity index (χ1) is 18.0. The summed E-state index contributed by atoms with van der Waals surface area (Å²) in [5.74, 6) is 0.873. The SMILES string of the molecule is CCCCCC(CCC)COC(=O)C1CCC(CCCCC)(C(=O)OCC(CCC)CCCCC)CC1. The summed E-state index contributed by atoms with van der Waals surface area (Å²) in [6.45, 7) is 12.2. The van der Waals surface area contributed by atoms with E-state index in [0.29, 0.717) is 25.0 Å². The van der Waals surface area contributed by atoms with Crippen LogP contribution >= 0.6 is 0 Å². The van der Waals surface area contributed by atoms with Crippen LogP contribution in [0.15, 0.2) is 0 Å². The van der Waals surface area contributed by atoms with E-state index in [1.807, 2.05) is 0 Å². The van der Waals surface area contributed by atoms with Gasteiger partial charge in [-0.05, 0) is 69.6 Å². The van der Waals surface area contributed by atoms with Crippen molar-refractivity contribution >= 4 is 11.9 Å². The molecule has 0 aromatic rings. The second kappa shape index (κ2) is 20.8. The van der Waals surface area contributed by atoms with E-state index in [9.17, 15) is 9.59 Å². The van der Waals surface area contributed by atoms with Crippen LogP contribution in [0, 0.1) is 23.2 Å². The maximum absolute atomic E-state index is 13.5. The molecule has 1 rings (SSSR count). The summed E-state index contributed by atoms with van der Waals surface area (Å²) >= 11 is 0. The van der Waals surface area contributed by atoms with E-state index in [4.69, 9.17) is 9.47 Å². The standard InChI is InChI=1S/C33H62O4/c1-6-11-14-19-28(17-9-4)26-36-31(34)30-21-24-33(25-22-30,23-16-13-8-3)32(35)37-27-29(18-10-5)20-15-12-7-2/h28-30H,6-27H2,1-5H3. The maximum atomic E-state index is 13.5. The first-order valence-corrected chi connectivity index (χ1v) is 16.3. The molecule has 2 unspecified atom stereocenters. The Morgan fingerprint density at radius 2 is 1.14 bits per heavy atom. The molecular weight excluding hydrogens is 460 g/mol. The molecule has 0 spiro atoms. The largest absolute Gasteiger partial charge is 0.465 e. The van der Waals surface area contributed by atoms with Crippen LogP contribution < -0.4 is 0 Å². The van der Waals surface area contributed by atoms with Gasteiger partial charge in [0.2, 0.25) is 0 Å². The van der Waals surface area contributed by atoms with Crippen molar-refractivity contribution in [1.82, 2.24) is 0 Å². The molecule has 1 saturated carbocycles. The minimum Gasteiger partial charge on any atom is -0.465 e. The van der Waals surface area contributed by atoms with Crippen LogP contribution in [0.4, 0.5) is 0 Å². The van der Waals surface area contributed by atoms with Crippen LogP contribution in [0.1, 0.15) is 163 Å². The van der Waals surface area contributed by atoms with E-state index in [0.717, 1.165) is 89.9 Å². The van der Waals surface area contributed by atoms with Gasteiger partial charge in [0.25, 0.3) is 0 Å². The van der Waals surface area contributed by atoms with Gasteiger partial charge in [0, 0.05) is 0 Å². The normalized spacial score (nSPS) is 21.4. The molecule has 0 aromatic carbocycles. The molecule has 1 aliphatic carbocycles. The number of carbonyl (C=O) groups excluding carboxylic acids is 2. The second-order valence-corrected chi connectivity index (χ2v) is 12.0. The number of carbonyl (C=O) groups is 2. The van der Waals surface area contributed by atoms with E-state index in [1.165, 1.54) is 38.5 Å². The zero-order chi connectivity index (χ0) is 27.4. The highest BCUT2D eigenvalue weighted by atomic mass is 16.5. The highest BCUT2D eigenvalue weighted by molar-refractivity contribution is 5.78. The summed E-state index contributed by atoms with van der Waals surface area (Å²) in [6, 6.07) is 0. The van der Waals surface area contributed by atoms with Crippen molar-refractivity contribution in [3.05, 3.63) is 0 Å². The minimum absolute atomic E-state index is 0.00551. The fourth-order valence-corrected chi connectivity index (χ4v) is 6.14. The lowest BCUT2D eigenvalue weighted by atomic mass is 9.67.